The van der Waals surface area contributed by atoms with Crippen molar-refractivity contribution in [2.75, 3.05) is 0 Å². The van der Waals surface area contributed by atoms with E-state index < -0.39 is 0 Å². The van der Waals surface area contributed by atoms with E-state index in [4.69, 9.17) is 8.83 Å². The number of hydrogen-bond donors (Lipinski definition) is 0. The Morgan fingerprint density at radius 2 is 0.417 bits per heavy atom. The first-order valence-corrected chi connectivity index (χ1v) is 51.7. The summed E-state index contributed by atoms with van der Waals surface area (Å²) in [7, 11) is 0. The van der Waals surface area contributed by atoms with Crippen LogP contribution < -0.4 is 0 Å². The number of thiophene rings is 2. The van der Waals surface area contributed by atoms with E-state index in [1.165, 1.54) is 254 Å². The van der Waals surface area contributed by atoms with Gasteiger partial charge >= 0.3 is 0 Å². The minimum atomic E-state index is 0.0870. The molecular weight excluding hydrogens is 1780 g/mol. The molecule has 0 N–H and O–H groups in total. The fraction of sp³-hybridized carbons (Fsp3) is 0.0571. The van der Waals surface area contributed by atoms with Crippen LogP contribution in [-0.4, -0.2) is 0 Å². The van der Waals surface area contributed by atoms with Crippen LogP contribution in [0.4, 0.5) is 0 Å². The SMILES string of the molecule is CCc1ccc2c3ccc(-c4cc(C)cc(-c5ccc6c(c5)oc5ccc(-c7ccccc7)cc56)c4)cc3c3ccccc3c2c1.Cc1cc(-c2ccc3c(c2)oc2ccc(C(C)(C)C)cc23)cc(-c2ccc3c4ccc(-c5ccccc5)cc4c4ccccc4c3c2)c1.c1ccc2c(c1)sc1ccc(-c3cc(-c4ccc5sc6ccccc6c5c4)cc(-c4ccc5c6ccccc6c6ccccc6c5c4)c3)cc12. The summed E-state index contributed by atoms with van der Waals surface area (Å²) in [6.45, 7) is 13.4. The van der Waals surface area contributed by atoms with E-state index in [0.717, 1.165) is 56.0 Å². The highest BCUT2D eigenvalue weighted by molar-refractivity contribution is 7.26. The highest BCUT2D eigenvalue weighted by atomic mass is 32.1. The number of rotatable bonds is 10. The molecule has 0 bridgehead atoms. The average molecular weight is 1870 g/mol. The van der Waals surface area contributed by atoms with Gasteiger partial charge in [0, 0.05) is 61.9 Å². The van der Waals surface area contributed by atoms with E-state index in [1.54, 1.807) is 0 Å². The first-order chi connectivity index (χ1) is 70.7. The van der Waals surface area contributed by atoms with Crippen LogP contribution in [0.2, 0.25) is 0 Å². The minimum absolute atomic E-state index is 0.0870. The van der Waals surface area contributed by atoms with Gasteiger partial charge in [-0.3, -0.25) is 0 Å². The summed E-state index contributed by atoms with van der Waals surface area (Å²) >= 11 is 3.74. The molecule has 0 unspecified atom stereocenters. The molecule has 29 rings (SSSR count). The number of hydrogen-bond acceptors (Lipinski definition) is 4. The lowest BCUT2D eigenvalue weighted by Crippen LogP contribution is -2.10. The summed E-state index contributed by atoms with van der Waals surface area (Å²) < 4.78 is 18.1. The molecule has 25 aromatic carbocycles. The van der Waals surface area contributed by atoms with Crippen molar-refractivity contribution in [3.8, 4) is 100 Å². The van der Waals surface area contributed by atoms with Crippen LogP contribution in [0.3, 0.4) is 0 Å². The lowest BCUT2D eigenvalue weighted by atomic mass is 9.86. The predicted molar refractivity (Wildman–Crippen MR) is 624 cm³/mol. The predicted octanol–water partition coefficient (Wildman–Crippen LogP) is 41.5. The lowest BCUT2D eigenvalue weighted by Gasteiger charge is -2.18. The third kappa shape index (κ3) is 15.1. The third-order valence-electron chi connectivity index (χ3n) is 30.1. The standard InChI is InChI=1S/C48H28S2.C47H36O.C45H32O/c1-2-11-37-35(9-1)36-10-3-4-12-38(36)42-26-29(17-20-39(37)42)32-23-33(30-18-21-47-43(27-30)40-13-5-7-15-45(40)49-47)25-34(24-32)31-19-22-48-44(28-31)41-14-6-8-16-46(41)50-48;1-29-22-34(24-35(23-29)33-16-20-41-44-28-36(47(2,3)4)17-21-45(44)48-46(41)27-33)32-15-19-40-39-18-14-31(30-10-6-5-7-11-30)25-42(39)37-12-8-9-13-38(37)43(40)26-32;1-3-29-13-17-38-39-18-14-32(25-42(39)37-12-8-7-11-36(37)41(38)23-29)34-21-28(2)22-35(24-34)33-15-19-40-43-26-31(30-9-5-4-6-10-30)16-20-44(43)46-45(40)27-33/h1-28H;5-28H,1-4H3;4-27H,3H2,1-2H3. The molecule has 0 saturated carbocycles. The summed E-state index contributed by atoms with van der Waals surface area (Å²) in [5.74, 6) is 0. The van der Waals surface area contributed by atoms with Crippen molar-refractivity contribution in [3.63, 3.8) is 0 Å². The average Bonchev–Trinajstić information content (AvgIpc) is 1.21. The highest BCUT2D eigenvalue weighted by Gasteiger charge is 2.23. The zero-order valence-corrected chi connectivity index (χ0v) is 82.4. The van der Waals surface area contributed by atoms with Gasteiger partial charge in [0.2, 0.25) is 0 Å². The van der Waals surface area contributed by atoms with Crippen molar-refractivity contribution in [1.82, 2.24) is 0 Å². The second-order valence-corrected chi connectivity index (χ2v) is 42.2. The Labute approximate surface area is 842 Å². The van der Waals surface area contributed by atoms with E-state index in [1.807, 2.05) is 22.7 Å². The molecule has 29 aromatic rings. The fourth-order valence-electron chi connectivity index (χ4n) is 22.8. The van der Waals surface area contributed by atoms with Crippen molar-refractivity contribution in [2.45, 2.75) is 53.4 Å². The highest BCUT2D eigenvalue weighted by Crippen LogP contribution is 2.49. The normalized spacial score (nSPS) is 12.0. The zero-order chi connectivity index (χ0) is 96.1. The summed E-state index contributed by atoms with van der Waals surface area (Å²) in [6.07, 6.45) is 1.04. The van der Waals surface area contributed by atoms with Gasteiger partial charge in [-0.25, -0.2) is 0 Å². The summed E-state index contributed by atoms with van der Waals surface area (Å²) in [4.78, 5) is 0. The lowest BCUT2D eigenvalue weighted by molar-refractivity contribution is 0.590. The molecule has 680 valence electrons. The van der Waals surface area contributed by atoms with Gasteiger partial charge in [0.15, 0.2) is 0 Å². The van der Waals surface area contributed by atoms with Crippen molar-refractivity contribution >= 4 is 204 Å². The number of aryl methyl sites for hydroxylation is 3. The van der Waals surface area contributed by atoms with Gasteiger partial charge in [-0.15, -0.1) is 22.7 Å². The molecule has 4 aromatic heterocycles. The molecule has 2 nitrogen and oxygen atoms in total. The molecule has 0 aliphatic heterocycles. The first-order valence-electron chi connectivity index (χ1n) is 50.0. The van der Waals surface area contributed by atoms with Crippen molar-refractivity contribution in [1.29, 1.82) is 0 Å². The molecule has 4 heteroatoms. The first kappa shape index (κ1) is 86.0. The molecule has 0 aliphatic rings. The Balaban J connectivity index is 0.000000108. The molecular formula is C140H96O2S2. The van der Waals surface area contributed by atoms with Crippen LogP contribution in [0.5, 0.6) is 0 Å². The Morgan fingerprint density at radius 1 is 0.167 bits per heavy atom. The summed E-state index contributed by atoms with van der Waals surface area (Å²) in [6, 6.07) is 170. The Morgan fingerprint density at radius 3 is 0.778 bits per heavy atom. The van der Waals surface area contributed by atoms with E-state index in [2.05, 4.69) is 503 Å². The molecule has 144 heavy (non-hydrogen) atoms. The van der Waals surface area contributed by atoms with Crippen LogP contribution in [0.25, 0.3) is 281 Å². The third-order valence-corrected chi connectivity index (χ3v) is 32.4. The number of fused-ring (bicyclic) bond motifs is 30. The van der Waals surface area contributed by atoms with Gasteiger partial charge in [0.05, 0.1) is 0 Å². The molecule has 0 fully saturated rings. The van der Waals surface area contributed by atoms with E-state index in [-0.39, 0.29) is 5.41 Å². The van der Waals surface area contributed by atoms with E-state index >= 15 is 0 Å². The van der Waals surface area contributed by atoms with Crippen LogP contribution in [0, 0.1) is 13.8 Å². The largest absolute Gasteiger partial charge is 0.456 e. The number of furan rings is 2. The smallest absolute Gasteiger partial charge is 0.136 e. The maximum Gasteiger partial charge on any atom is 0.136 e. The van der Waals surface area contributed by atoms with E-state index in [0.29, 0.717) is 0 Å². The summed E-state index contributed by atoms with van der Waals surface area (Å²) in [5, 5.41) is 33.3. The van der Waals surface area contributed by atoms with E-state index in [9.17, 15) is 0 Å². The fourth-order valence-corrected chi connectivity index (χ4v) is 25.0. The zero-order valence-electron chi connectivity index (χ0n) is 80.7. The molecule has 0 amide bonds. The molecule has 0 saturated heterocycles. The van der Waals surface area contributed by atoms with Crippen LogP contribution in [-0.2, 0) is 11.8 Å². The Hall–Kier alpha value is -17.1. The van der Waals surface area contributed by atoms with Gasteiger partial charge in [-0.05, 0) is 385 Å². The van der Waals surface area contributed by atoms with Gasteiger partial charge in [0.25, 0.3) is 0 Å². The molecule has 0 atom stereocenters. The maximum atomic E-state index is 6.39. The molecule has 0 aliphatic carbocycles. The quantitative estimate of drug-likeness (QED) is 0.128. The molecule has 4 heterocycles. The van der Waals surface area contributed by atoms with Crippen molar-refractivity contribution < 1.29 is 8.83 Å². The van der Waals surface area contributed by atoms with Crippen molar-refractivity contribution in [3.05, 3.63) is 483 Å². The topological polar surface area (TPSA) is 26.3 Å². The van der Waals surface area contributed by atoms with Gasteiger partial charge in [-0.2, -0.15) is 0 Å². The summed E-state index contributed by atoms with van der Waals surface area (Å²) in [5.41, 5.74) is 30.8. The van der Waals surface area contributed by atoms with Crippen LogP contribution in [0.15, 0.2) is 470 Å². The second kappa shape index (κ2) is 34.7. The molecule has 0 radical (unpaired) electrons. The van der Waals surface area contributed by atoms with Gasteiger partial charge < -0.3 is 8.83 Å². The van der Waals surface area contributed by atoms with Gasteiger partial charge in [0.1, 0.15) is 22.3 Å². The molecule has 0 spiro atoms. The number of benzene rings is 25. The minimum Gasteiger partial charge on any atom is -0.456 e. The van der Waals surface area contributed by atoms with Crippen LogP contribution >= 0.6 is 22.7 Å². The van der Waals surface area contributed by atoms with Crippen LogP contribution in [0.1, 0.15) is 49.9 Å². The Bertz CT molecular complexity index is 10100. The van der Waals surface area contributed by atoms with Gasteiger partial charge in [-0.1, -0.05) is 349 Å². The maximum absolute atomic E-state index is 6.39. The second-order valence-electron chi connectivity index (χ2n) is 40.1. The monoisotopic (exact) mass is 1870 g/mol. The van der Waals surface area contributed by atoms with Crippen molar-refractivity contribution in [2.24, 2.45) is 0 Å². The Kier molecular flexibility index (Phi) is 20.7.